The van der Waals surface area contributed by atoms with E-state index in [9.17, 15) is 23.6 Å². The maximum absolute atomic E-state index is 13.7. The van der Waals surface area contributed by atoms with E-state index in [0.717, 1.165) is 12.8 Å². The number of halogens is 2. The molecule has 9 nitrogen and oxygen atoms in total. The molecule has 196 valence electrons. The number of nitrogens with zero attached hydrogens (tertiary/aromatic N) is 3. The summed E-state index contributed by atoms with van der Waals surface area (Å²) in [7, 11) is -1.38. The number of rotatable bonds is 10. The average Bonchev–Trinajstić information content (AvgIpc) is 3.18. The smallest absolute Gasteiger partial charge is 0.447 e. The standard InChI is InChI=1S/C23H37BF2N4O5/c1-17(7-9-24(33)34)14-28-21(32)35-15-19-6-4-5-10-30(19)20(31)18(13-27)12-22(2,3)29-11-8-23(25,26)16-29/h12,17,19,33-34H,4-11,14-16H2,1-3H3,(H,28,32)/t17-,19-/m1/s1. The molecule has 0 aromatic carbocycles. The maximum atomic E-state index is 13.7. The van der Waals surface area contributed by atoms with E-state index in [1.807, 2.05) is 13.0 Å². The molecule has 0 radical (unpaired) electrons. The third kappa shape index (κ3) is 9.06. The van der Waals surface area contributed by atoms with Crippen molar-refractivity contribution >= 4 is 19.1 Å². The first-order chi connectivity index (χ1) is 16.3. The molecule has 2 rings (SSSR count). The number of piperidine rings is 1. The number of amides is 2. The van der Waals surface area contributed by atoms with Crippen molar-refractivity contribution < 1.29 is 33.2 Å². The number of alkyl halides is 2. The second-order valence-electron chi connectivity index (χ2n) is 10.1. The molecule has 2 atom stereocenters. The highest BCUT2D eigenvalue weighted by atomic mass is 19.3. The van der Waals surface area contributed by atoms with Crippen molar-refractivity contribution in [3.63, 3.8) is 0 Å². The first kappa shape index (κ1) is 29.0. The van der Waals surface area contributed by atoms with E-state index < -0.39 is 37.1 Å². The van der Waals surface area contributed by atoms with Gasteiger partial charge in [-0.05, 0) is 51.4 Å². The molecule has 0 saturated carbocycles. The molecule has 3 N–H and O–H groups in total. The van der Waals surface area contributed by atoms with Crippen molar-refractivity contribution in [3.05, 3.63) is 11.6 Å². The first-order valence-electron chi connectivity index (χ1n) is 12.2. The summed E-state index contributed by atoms with van der Waals surface area (Å²) in [4.78, 5) is 28.4. The van der Waals surface area contributed by atoms with Crippen LogP contribution in [0.5, 0.6) is 0 Å². The zero-order chi connectivity index (χ0) is 26.2. The fourth-order valence-electron chi connectivity index (χ4n) is 4.43. The predicted octanol–water partition coefficient (Wildman–Crippen LogP) is 2.16. The van der Waals surface area contributed by atoms with Gasteiger partial charge in [0.15, 0.2) is 0 Å². The average molecular weight is 498 g/mol. The Labute approximate surface area is 206 Å². The Kier molecular flexibility index (Phi) is 10.5. The zero-order valence-electron chi connectivity index (χ0n) is 20.8. The first-order valence-corrected chi connectivity index (χ1v) is 12.2. The maximum Gasteiger partial charge on any atom is 0.451 e. The van der Waals surface area contributed by atoms with E-state index in [1.165, 1.54) is 11.0 Å². The number of nitriles is 1. The van der Waals surface area contributed by atoms with Gasteiger partial charge in [0.05, 0.1) is 12.6 Å². The van der Waals surface area contributed by atoms with Crippen LogP contribution < -0.4 is 5.32 Å². The monoisotopic (exact) mass is 498 g/mol. The molecule has 2 saturated heterocycles. The summed E-state index contributed by atoms with van der Waals surface area (Å²) >= 11 is 0. The number of carbonyl (C=O) groups is 2. The van der Waals surface area contributed by atoms with Crippen LogP contribution in [0.1, 0.15) is 52.9 Å². The normalized spacial score (nSPS) is 21.8. The van der Waals surface area contributed by atoms with Crippen LogP contribution in [0.25, 0.3) is 0 Å². The van der Waals surface area contributed by atoms with Crippen LogP contribution in [0.4, 0.5) is 13.6 Å². The van der Waals surface area contributed by atoms with Crippen LogP contribution in [-0.4, -0.2) is 89.3 Å². The molecule has 2 heterocycles. The van der Waals surface area contributed by atoms with E-state index in [0.29, 0.717) is 25.9 Å². The van der Waals surface area contributed by atoms with Crippen LogP contribution in [0, 0.1) is 17.2 Å². The van der Waals surface area contributed by atoms with E-state index in [2.05, 4.69) is 5.32 Å². The number of carbonyl (C=O) groups excluding carboxylic acids is 2. The van der Waals surface area contributed by atoms with Crippen molar-refractivity contribution in [1.29, 1.82) is 5.26 Å². The van der Waals surface area contributed by atoms with E-state index >= 15 is 0 Å². The van der Waals surface area contributed by atoms with Gasteiger partial charge in [-0.25, -0.2) is 13.6 Å². The van der Waals surface area contributed by atoms with E-state index in [4.69, 9.17) is 14.8 Å². The highest BCUT2D eigenvalue weighted by molar-refractivity contribution is 6.40. The zero-order valence-corrected chi connectivity index (χ0v) is 20.8. The Balaban J connectivity index is 1.96. The lowest BCUT2D eigenvalue weighted by Gasteiger charge is -2.36. The van der Waals surface area contributed by atoms with Crippen molar-refractivity contribution in [1.82, 2.24) is 15.1 Å². The van der Waals surface area contributed by atoms with E-state index in [-0.39, 0.29) is 43.4 Å². The highest BCUT2D eigenvalue weighted by Gasteiger charge is 2.43. The lowest BCUT2D eigenvalue weighted by Crippen LogP contribution is -2.48. The van der Waals surface area contributed by atoms with Gasteiger partial charge in [0.1, 0.15) is 18.2 Å². The number of hydrogen-bond donors (Lipinski definition) is 3. The molecule has 2 aliphatic heterocycles. The summed E-state index contributed by atoms with van der Waals surface area (Å²) < 4.78 is 32.7. The molecular weight excluding hydrogens is 461 g/mol. The summed E-state index contributed by atoms with van der Waals surface area (Å²) in [5.41, 5.74) is -1.01. The Hall–Kier alpha value is -2.23. The van der Waals surface area contributed by atoms with Gasteiger partial charge >= 0.3 is 13.2 Å². The molecule has 12 heteroatoms. The molecule has 2 amide bonds. The molecule has 35 heavy (non-hydrogen) atoms. The molecule has 0 aliphatic carbocycles. The molecule has 0 spiro atoms. The minimum absolute atomic E-state index is 0.0260. The third-order valence-corrected chi connectivity index (χ3v) is 6.64. The molecule has 2 aliphatic rings. The van der Waals surface area contributed by atoms with Crippen molar-refractivity contribution in [2.45, 2.75) is 76.7 Å². The second-order valence-corrected chi connectivity index (χ2v) is 10.1. The summed E-state index contributed by atoms with van der Waals surface area (Å²) in [5.74, 6) is -3.24. The fourth-order valence-corrected chi connectivity index (χ4v) is 4.43. The van der Waals surface area contributed by atoms with Gasteiger partial charge in [0.25, 0.3) is 11.8 Å². The lowest BCUT2D eigenvalue weighted by molar-refractivity contribution is -0.131. The van der Waals surface area contributed by atoms with Gasteiger partial charge in [-0.1, -0.05) is 13.3 Å². The predicted molar refractivity (Wildman–Crippen MR) is 126 cm³/mol. The van der Waals surface area contributed by atoms with Gasteiger partial charge in [0.2, 0.25) is 0 Å². The van der Waals surface area contributed by atoms with Crippen LogP contribution in [-0.2, 0) is 9.53 Å². The van der Waals surface area contributed by atoms with Gasteiger partial charge in [0, 0.05) is 31.6 Å². The van der Waals surface area contributed by atoms with Crippen molar-refractivity contribution in [3.8, 4) is 6.07 Å². The van der Waals surface area contributed by atoms with Gasteiger partial charge in [-0.2, -0.15) is 5.26 Å². The van der Waals surface area contributed by atoms with Crippen LogP contribution in [0.3, 0.4) is 0 Å². The Morgan fingerprint density at radius 3 is 2.66 bits per heavy atom. The van der Waals surface area contributed by atoms with Gasteiger partial charge < -0.3 is 25.0 Å². The number of likely N-dealkylation sites (tertiary alicyclic amines) is 2. The summed E-state index contributed by atoms with van der Waals surface area (Å²) in [6.07, 6.45) is 3.52. The number of nitrogens with one attached hydrogen (secondary N) is 1. The van der Waals surface area contributed by atoms with Crippen molar-refractivity contribution in [2.75, 3.05) is 32.8 Å². The topological polar surface area (TPSA) is 126 Å². The minimum Gasteiger partial charge on any atom is -0.447 e. The Morgan fingerprint density at radius 2 is 2.06 bits per heavy atom. The lowest BCUT2D eigenvalue weighted by atomic mass is 9.81. The fraction of sp³-hybridized carbons (Fsp3) is 0.783. The van der Waals surface area contributed by atoms with Gasteiger partial charge in [-0.15, -0.1) is 0 Å². The van der Waals surface area contributed by atoms with Crippen molar-refractivity contribution in [2.24, 2.45) is 5.92 Å². The minimum atomic E-state index is -2.78. The number of alkyl carbamates (subject to hydrolysis) is 1. The molecular formula is C23H37BF2N4O5. The Morgan fingerprint density at radius 1 is 1.34 bits per heavy atom. The Bertz CT molecular complexity index is 818. The van der Waals surface area contributed by atoms with Crippen LogP contribution >= 0.6 is 0 Å². The molecule has 0 bridgehead atoms. The quantitative estimate of drug-likeness (QED) is 0.239. The summed E-state index contributed by atoms with van der Waals surface area (Å²) in [6, 6.07) is 1.55. The third-order valence-electron chi connectivity index (χ3n) is 6.64. The number of hydrogen-bond acceptors (Lipinski definition) is 7. The molecule has 0 aromatic rings. The van der Waals surface area contributed by atoms with E-state index in [1.54, 1.807) is 18.7 Å². The largest absolute Gasteiger partial charge is 0.451 e. The SMILES string of the molecule is C[C@H](CCB(O)O)CNC(=O)OC[C@H]1CCCCN1C(=O)C(C#N)=CC(C)(C)N1CCC(F)(F)C1. The van der Waals surface area contributed by atoms with Gasteiger partial charge in [-0.3, -0.25) is 9.69 Å². The molecule has 0 aromatic heterocycles. The number of ether oxygens (including phenoxy) is 1. The molecule has 0 unspecified atom stereocenters. The molecule has 2 fully saturated rings. The van der Waals surface area contributed by atoms with Crippen LogP contribution in [0.2, 0.25) is 6.32 Å². The second kappa shape index (κ2) is 12.6. The highest BCUT2D eigenvalue weighted by Crippen LogP contribution is 2.33. The summed E-state index contributed by atoms with van der Waals surface area (Å²) in [6.45, 7) is 5.74. The van der Waals surface area contributed by atoms with Crippen LogP contribution in [0.15, 0.2) is 11.6 Å². The summed E-state index contributed by atoms with van der Waals surface area (Å²) in [5, 5.41) is 30.2.